The molecule has 0 amide bonds. The second-order valence-electron chi connectivity index (χ2n) is 6.69. The zero-order valence-electron chi connectivity index (χ0n) is 15.2. The monoisotopic (exact) mass is 442 g/mol. The molecule has 0 aliphatic carbocycles. The van der Waals surface area contributed by atoms with Gasteiger partial charge in [-0.2, -0.15) is 0 Å². The Kier molecular flexibility index (Phi) is 4.37. The van der Waals surface area contributed by atoms with Crippen molar-refractivity contribution in [3.8, 4) is 17.2 Å². The molecule has 0 unspecified atom stereocenters. The van der Waals surface area contributed by atoms with Gasteiger partial charge >= 0.3 is 0 Å². The summed E-state index contributed by atoms with van der Waals surface area (Å²) < 4.78 is 6.87. The van der Waals surface area contributed by atoms with Crippen molar-refractivity contribution >= 4 is 49.7 Å². The molecule has 0 spiro atoms. The lowest BCUT2D eigenvalue weighted by molar-refractivity contribution is 0.474. The Morgan fingerprint density at radius 2 is 1.76 bits per heavy atom. The maximum absolute atomic E-state index is 9.95. The molecule has 29 heavy (non-hydrogen) atoms. The fourth-order valence-corrected chi connectivity index (χ4v) is 3.59. The highest BCUT2D eigenvalue weighted by molar-refractivity contribution is 9.10. The lowest BCUT2D eigenvalue weighted by atomic mass is 10.1. The third-order valence-corrected chi connectivity index (χ3v) is 5.20. The van der Waals surface area contributed by atoms with Crippen LogP contribution in [0.25, 0.3) is 33.3 Å². The molecule has 0 saturated carbocycles. The van der Waals surface area contributed by atoms with Crippen LogP contribution in [0.2, 0.25) is 0 Å². The Balaban J connectivity index is 1.49. The van der Waals surface area contributed by atoms with E-state index in [1.165, 1.54) is 5.39 Å². The number of phenolic OH excluding ortho intramolecular Hbond substituents is 1. The highest BCUT2D eigenvalue weighted by Crippen LogP contribution is 2.29. The van der Waals surface area contributed by atoms with Gasteiger partial charge in [-0.15, -0.1) is 0 Å². The Morgan fingerprint density at radius 1 is 0.897 bits per heavy atom. The number of fused-ring (bicyclic) bond motifs is 2. The second kappa shape index (κ2) is 7.18. The van der Waals surface area contributed by atoms with E-state index < -0.39 is 0 Å². The Hall–Kier alpha value is -3.44. The van der Waals surface area contributed by atoms with E-state index in [9.17, 15) is 5.11 Å². The molecule has 1 aromatic heterocycles. The van der Waals surface area contributed by atoms with Crippen molar-refractivity contribution < 1.29 is 9.52 Å². The molecular formula is C24H15BrN2O2. The summed E-state index contributed by atoms with van der Waals surface area (Å²) in [4.78, 5) is 9.07. The van der Waals surface area contributed by atoms with Gasteiger partial charge in [0.25, 0.3) is 0 Å². The largest absolute Gasteiger partial charge is 0.507 e. The molecule has 0 fully saturated rings. The number of benzene rings is 4. The molecule has 0 radical (unpaired) electrons. The molecule has 5 heteroatoms. The number of oxazole rings is 1. The average molecular weight is 443 g/mol. The van der Waals surface area contributed by atoms with Gasteiger partial charge in [0.1, 0.15) is 11.3 Å². The maximum Gasteiger partial charge on any atom is 0.227 e. The molecule has 5 rings (SSSR count). The van der Waals surface area contributed by atoms with Crippen LogP contribution in [0.5, 0.6) is 5.75 Å². The minimum Gasteiger partial charge on any atom is -0.507 e. The zero-order chi connectivity index (χ0) is 19.8. The van der Waals surface area contributed by atoms with Crippen molar-refractivity contribution in [2.75, 3.05) is 0 Å². The second-order valence-corrected chi connectivity index (χ2v) is 7.61. The fourth-order valence-electron chi connectivity index (χ4n) is 3.21. The van der Waals surface area contributed by atoms with Crippen molar-refractivity contribution in [1.82, 2.24) is 4.98 Å². The molecule has 4 aromatic carbocycles. The van der Waals surface area contributed by atoms with Gasteiger partial charge in [0.05, 0.1) is 5.69 Å². The quantitative estimate of drug-likeness (QED) is 0.310. The zero-order valence-corrected chi connectivity index (χ0v) is 16.8. The van der Waals surface area contributed by atoms with E-state index in [-0.39, 0.29) is 5.75 Å². The number of aliphatic imine (C=N–C) groups is 1. The number of hydrogen-bond donors (Lipinski definition) is 1. The molecule has 0 atom stereocenters. The fraction of sp³-hybridized carbons (Fsp3) is 0. The molecule has 0 aliphatic rings. The van der Waals surface area contributed by atoms with Crippen molar-refractivity contribution in [3.63, 3.8) is 0 Å². The number of rotatable bonds is 3. The normalized spacial score (nSPS) is 11.6. The Bertz CT molecular complexity index is 1390. The number of nitrogens with zero attached hydrogens (tertiary/aromatic N) is 2. The minimum atomic E-state index is 0.177. The van der Waals surface area contributed by atoms with E-state index >= 15 is 0 Å². The van der Waals surface area contributed by atoms with Gasteiger partial charge in [-0.05, 0) is 53.2 Å². The Morgan fingerprint density at radius 3 is 2.66 bits per heavy atom. The standard InChI is InChI=1S/C24H15BrN2O2/c25-19-7-10-22(28)18(12-19)14-26-20-8-9-21-23(13-20)29-24(27-21)17-6-5-15-3-1-2-4-16(15)11-17/h1-14,28H. The predicted molar refractivity (Wildman–Crippen MR) is 120 cm³/mol. The lowest BCUT2D eigenvalue weighted by Gasteiger charge is -1.99. The van der Waals surface area contributed by atoms with Crippen molar-refractivity contribution in [2.45, 2.75) is 0 Å². The van der Waals surface area contributed by atoms with E-state index in [1.807, 2.05) is 42.5 Å². The third-order valence-electron chi connectivity index (χ3n) is 4.71. The summed E-state index contributed by atoms with van der Waals surface area (Å²) >= 11 is 3.40. The van der Waals surface area contributed by atoms with Gasteiger partial charge in [0, 0.05) is 27.9 Å². The molecule has 4 nitrogen and oxygen atoms in total. The average Bonchev–Trinajstić information content (AvgIpc) is 3.17. The minimum absolute atomic E-state index is 0.177. The van der Waals surface area contributed by atoms with Crippen LogP contribution in [-0.2, 0) is 0 Å². The molecule has 0 saturated heterocycles. The summed E-state index contributed by atoms with van der Waals surface area (Å²) in [5.41, 5.74) is 3.73. The van der Waals surface area contributed by atoms with Crippen LogP contribution in [-0.4, -0.2) is 16.3 Å². The van der Waals surface area contributed by atoms with Crippen LogP contribution in [0, 0.1) is 0 Å². The number of halogens is 1. The van der Waals surface area contributed by atoms with Crippen LogP contribution in [0.4, 0.5) is 5.69 Å². The number of aromatic hydroxyl groups is 1. The summed E-state index contributed by atoms with van der Waals surface area (Å²) in [6.45, 7) is 0. The van der Waals surface area contributed by atoms with Gasteiger partial charge in [-0.25, -0.2) is 4.98 Å². The first-order valence-electron chi connectivity index (χ1n) is 9.08. The van der Waals surface area contributed by atoms with Gasteiger partial charge < -0.3 is 9.52 Å². The molecule has 5 aromatic rings. The van der Waals surface area contributed by atoms with Crippen LogP contribution in [0.3, 0.4) is 0 Å². The number of aromatic nitrogens is 1. The van der Waals surface area contributed by atoms with E-state index in [0.717, 1.165) is 26.6 Å². The smallest absolute Gasteiger partial charge is 0.227 e. The van der Waals surface area contributed by atoms with E-state index in [1.54, 1.807) is 18.3 Å². The molecule has 140 valence electrons. The topological polar surface area (TPSA) is 58.6 Å². The number of hydrogen-bond acceptors (Lipinski definition) is 4. The van der Waals surface area contributed by atoms with Crippen LogP contribution in [0.1, 0.15) is 5.56 Å². The first-order chi connectivity index (χ1) is 14.2. The maximum atomic E-state index is 9.95. The van der Waals surface area contributed by atoms with Gasteiger partial charge in [0.2, 0.25) is 5.89 Å². The number of phenols is 1. The van der Waals surface area contributed by atoms with Crippen molar-refractivity contribution in [1.29, 1.82) is 0 Å². The van der Waals surface area contributed by atoms with Crippen LogP contribution < -0.4 is 0 Å². The first kappa shape index (κ1) is 17.6. The molecular weight excluding hydrogens is 428 g/mol. The predicted octanol–water partition coefficient (Wildman–Crippen LogP) is 6.87. The third kappa shape index (κ3) is 3.52. The van der Waals surface area contributed by atoms with Gasteiger partial charge in [-0.1, -0.05) is 46.3 Å². The Labute approximate surface area is 175 Å². The highest BCUT2D eigenvalue weighted by atomic mass is 79.9. The van der Waals surface area contributed by atoms with E-state index in [2.05, 4.69) is 50.2 Å². The lowest BCUT2D eigenvalue weighted by Crippen LogP contribution is -1.82. The summed E-state index contributed by atoms with van der Waals surface area (Å²) in [6.07, 6.45) is 1.63. The summed E-state index contributed by atoms with van der Waals surface area (Å²) in [6, 6.07) is 25.2. The highest BCUT2D eigenvalue weighted by Gasteiger charge is 2.09. The molecule has 1 N–H and O–H groups in total. The SMILES string of the molecule is Oc1ccc(Br)cc1C=Nc1ccc2nc(-c3ccc4ccccc4c3)oc2c1. The van der Waals surface area contributed by atoms with Gasteiger partial charge in [0.15, 0.2) is 5.58 Å². The molecule has 0 bridgehead atoms. The van der Waals surface area contributed by atoms with Crippen LogP contribution >= 0.6 is 15.9 Å². The van der Waals surface area contributed by atoms with Crippen molar-refractivity contribution in [3.05, 3.63) is 88.9 Å². The summed E-state index contributed by atoms with van der Waals surface area (Å²) in [7, 11) is 0. The van der Waals surface area contributed by atoms with Crippen LogP contribution in [0.15, 0.2) is 92.7 Å². The van der Waals surface area contributed by atoms with Gasteiger partial charge in [-0.3, -0.25) is 4.99 Å². The molecule has 0 aliphatic heterocycles. The summed E-state index contributed by atoms with van der Waals surface area (Å²) in [5, 5.41) is 12.3. The van der Waals surface area contributed by atoms with Crippen molar-refractivity contribution in [2.24, 2.45) is 4.99 Å². The van der Waals surface area contributed by atoms with E-state index in [0.29, 0.717) is 17.0 Å². The summed E-state index contributed by atoms with van der Waals surface area (Å²) in [5.74, 6) is 0.757. The first-order valence-corrected chi connectivity index (χ1v) is 9.87. The molecule has 1 heterocycles. The van der Waals surface area contributed by atoms with E-state index in [4.69, 9.17) is 4.42 Å².